The molecule has 0 atom stereocenters. The van der Waals surface area contributed by atoms with Gasteiger partial charge < -0.3 is 10.2 Å². The molecule has 1 heterocycles. The molecule has 29 heavy (non-hydrogen) atoms. The molecule has 1 N–H and O–H groups in total. The van der Waals surface area contributed by atoms with Crippen LogP contribution in [0.15, 0.2) is 23.1 Å². The van der Waals surface area contributed by atoms with Crippen LogP contribution in [-0.2, 0) is 10.0 Å². The predicted octanol–water partition coefficient (Wildman–Crippen LogP) is 3.63. The highest BCUT2D eigenvalue weighted by atomic mass is 32.2. The Kier molecular flexibility index (Phi) is 7.22. The van der Waals surface area contributed by atoms with E-state index in [0.717, 1.165) is 57.3 Å². The van der Waals surface area contributed by atoms with E-state index in [1.54, 1.807) is 12.1 Å². The topological polar surface area (TPSA) is 69.7 Å². The summed E-state index contributed by atoms with van der Waals surface area (Å²) in [5.74, 6) is 0.534. The summed E-state index contributed by atoms with van der Waals surface area (Å²) in [5, 5.41) is 3.15. The summed E-state index contributed by atoms with van der Waals surface area (Å²) in [6.07, 6.45) is 6.45. The van der Waals surface area contributed by atoms with Gasteiger partial charge in [0.25, 0.3) is 5.91 Å². The molecule has 0 radical (unpaired) electrons. The molecule has 1 aliphatic carbocycles. The molecule has 7 heteroatoms. The van der Waals surface area contributed by atoms with Gasteiger partial charge in [0.1, 0.15) is 0 Å². The van der Waals surface area contributed by atoms with E-state index < -0.39 is 10.0 Å². The smallest absolute Gasteiger partial charge is 0.253 e. The van der Waals surface area contributed by atoms with Crippen LogP contribution < -0.4 is 10.2 Å². The molecule has 0 unspecified atom stereocenters. The first-order valence-electron chi connectivity index (χ1n) is 11.1. The van der Waals surface area contributed by atoms with Crippen molar-refractivity contribution < 1.29 is 13.2 Å². The Morgan fingerprint density at radius 3 is 2.31 bits per heavy atom. The molecule has 6 nitrogen and oxygen atoms in total. The summed E-state index contributed by atoms with van der Waals surface area (Å²) in [6.45, 7) is 8.53. The summed E-state index contributed by atoms with van der Waals surface area (Å²) < 4.78 is 27.5. The van der Waals surface area contributed by atoms with Crippen molar-refractivity contribution >= 4 is 21.6 Å². The number of carbonyl (C=O) groups is 1. The minimum atomic E-state index is -3.61. The van der Waals surface area contributed by atoms with Crippen molar-refractivity contribution in [1.29, 1.82) is 0 Å². The molecule has 0 spiro atoms. The number of amides is 1. The molecule has 1 saturated carbocycles. The first-order valence-corrected chi connectivity index (χ1v) is 12.5. The van der Waals surface area contributed by atoms with Crippen LogP contribution in [0.2, 0.25) is 0 Å². The van der Waals surface area contributed by atoms with Crippen LogP contribution in [0.1, 0.15) is 69.7 Å². The molecule has 3 rings (SSSR count). The first-order chi connectivity index (χ1) is 13.9. The van der Waals surface area contributed by atoms with Crippen LogP contribution in [0.4, 0.5) is 5.69 Å². The Morgan fingerprint density at radius 2 is 1.72 bits per heavy atom. The van der Waals surface area contributed by atoms with Gasteiger partial charge in [-0.25, -0.2) is 8.42 Å². The average molecular weight is 422 g/mol. The van der Waals surface area contributed by atoms with E-state index in [4.69, 9.17) is 0 Å². The van der Waals surface area contributed by atoms with Crippen LogP contribution in [0.3, 0.4) is 0 Å². The van der Waals surface area contributed by atoms with Gasteiger partial charge in [0.2, 0.25) is 10.0 Å². The minimum Gasteiger partial charge on any atom is -0.371 e. The molecule has 2 fully saturated rings. The first kappa shape index (κ1) is 22.1. The number of hydrogen-bond acceptors (Lipinski definition) is 4. The fourth-order valence-corrected chi connectivity index (χ4v) is 5.91. The lowest BCUT2D eigenvalue weighted by Gasteiger charge is -2.33. The van der Waals surface area contributed by atoms with Crippen LogP contribution in [-0.4, -0.2) is 50.9 Å². The Balaban J connectivity index is 1.96. The molecule has 1 amide bonds. The van der Waals surface area contributed by atoms with E-state index in [0.29, 0.717) is 24.6 Å². The van der Waals surface area contributed by atoms with Crippen molar-refractivity contribution in [3.05, 3.63) is 23.8 Å². The zero-order valence-electron chi connectivity index (χ0n) is 18.0. The minimum absolute atomic E-state index is 0.151. The van der Waals surface area contributed by atoms with E-state index in [9.17, 15) is 13.2 Å². The second kappa shape index (κ2) is 9.47. The SMILES string of the molecule is CCN(CC)S(=O)(=O)c1ccc(N2CCC(C)CC2)c(C(=O)NC2CCCC2)c1. The van der Waals surface area contributed by atoms with Crippen LogP contribution in [0.5, 0.6) is 0 Å². The third-order valence-electron chi connectivity index (χ3n) is 6.37. The lowest BCUT2D eigenvalue weighted by atomic mass is 9.98. The van der Waals surface area contributed by atoms with Gasteiger partial charge in [0, 0.05) is 37.9 Å². The molecule has 0 bridgehead atoms. The summed E-state index contributed by atoms with van der Waals surface area (Å²) in [4.78, 5) is 15.6. The number of nitrogens with one attached hydrogen (secondary N) is 1. The number of rotatable bonds is 7. The summed E-state index contributed by atoms with van der Waals surface area (Å²) in [7, 11) is -3.61. The van der Waals surface area contributed by atoms with Crippen LogP contribution >= 0.6 is 0 Å². The van der Waals surface area contributed by atoms with E-state index in [-0.39, 0.29) is 16.8 Å². The molecule has 162 valence electrons. The van der Waals surface area contributed by atoms with Crippen molar-refractivity contribution in [3.63, 3.8) is 0 Å². The third kappa shape index (κ3) is 4.94. The van der Waals surface area contributed by atoms with Gasteiger partial charge >= 0.3 is 0 Å². The maximum absolute atomic E-state index is 13.2. The molecule has 1 saturated heterocycles. The Hall–Kier alpha value is -1.60. The monoisotopic (exact) mass is 421 g/mol. The van der Waals surface area contributed by atoms with Crippen molar-refractivity contribution in [3.8, 4) is 0 Å². The highest BCUT2D eigenvalue weighted by Gasteiger charge is 2.28. The van der Waals surface area contributed by atoms with Crippen molar-refractivity contribution in [1.82, 2.24) is 9.62 Å². The second-order valence-corrected chi connectivity index (χ2v) is 10.3. The normalized spacial score (nSPS) is 19.1. The molecule has 2 aliphatic rings. The molecule has 1 aromatic carbocycles. The number of piperidine rings is 1. The number of hydrogen-bond donors (Lipinski definition) is 1. The largest absolute Gasteiger partial charge is 0.371 e. The maximum Gasteiger partial charge on any atom is 0.253 e. The second-order valence-electron chi connectivity index (χ2n) is 8.39. The molecule has 1 aliphatic heterocycles. The number of benzene rings is 1. The van der Waals surface area contributed by atoms with E-state index in [1.165, 1.54) is 4.31 Å². The summed E-state index contributed by atoms with van der Waals surface area (Å²) in [5.41, 5.74) is 1.34. The molecule has 1 aromatic rings. The van der Waals surface area contributed by atoms with E-state index in [2.05, 4.69) is 17.1 Å². The quantitative estimate of drug-likeness (QED) is 0.730. The van der Waals surface area contributed by atoms with Gasteiger partial charge in [-0.3, -0.25) is 4.79 Å². The third-order valence-corrected chi connectivity index (χ3v) is 8.42. The average Bonchev–Trinajstić information content (AvgIpc) is 3.22. The van der Waals surface area contributed by atoms with Gasteiger partial charge in [-0.2, -0.15) is 4.31 Å². The van der Waals surface area contributed by atoms with Gasteiger partial charge in [0.05, 0.1) is 10.5 Å². The van der Waals surface area contributed by atoms with Gasteiger partial charge in [-0.05, 0) is 49.8 Å². The van der Waals surface area contributed by atoms with Crippen molar-refractivity contribution in [2.75, 3.05) is 31.1 Å². The summed E-state index contributed by atoms with van der Waals surface area (Å²) in [6, 6.07) is 5.27. The van der Waals surface area contributed by atoms with Crippen LogP contribution in [0.25, 0.3) is 0 Å². The highest BCUT2D eigenvalue weighted by Crippen LogP contribution is 2.30. The van der Waals surface area contributed by atoms with Gasteiger partial charge in [-0.15, -0.1) is 0 Å². The molecule has 0 aromatic heterocycles. The van der Waals surface area contributed by atoms with Crippen molar-refractivity contribution in [2.45, 2.75) is 70.2 Å². The summed E-state index contributed by atoms with van der Waals surface area (Å²) >= 11 is 0. The van der Waals surface area contributed by atoms with Crippen LogP contribution in [0, 0.1) is 5.92 Å². The van der Waals surface area contributed by atoms with E-state index in [1.807, 2.05) is 19.9 Å². The lowest BCUT2D eigenvalue weighted by Crippen LogP contribution is -2.37. The standard InChI is InChI=1S/C22H35N3O3S/c1-4-25(5-2)29(27,28)19-10-11-21(24-14-12-17(3)13-15-24)20(16-19)22(26)23-18-8-6-7-9-18/h10-11,16-18H,4-9,12-15H2,1-3H3,(H,23,26). The van der Waals surface area contributed by atoms with Gasteiger partial charge in [0.15, 0.2) is 0 Å². The fraction of sp³-hybridized carbons (Fsp3) is 0.682. The Labute approximate surface area is 175 Å². The Morgan fingerprint density at radius 1 is 1.10 bits per heavy atom. The maximum atomic E-state index is 13.2. The van der Waals surface area contributed by atoms with Crippen molar-refractivity contribution in [2.24, 2.45) is 5.92 Å². The lowest BCUT2D eigenvalue weighted by molar-refractivity contribution is 0.0938. The zero-order valence-corrected chi connectivity index (χ0v) is 18.8. The number of nitrogens with zero attached hydrogens (tertiary/aromatic N) is 2. The Bertz CT molecular complexity index is 807. The fourth-order valence-electron chi connectivity index (χ4n) is 4.43. The highest BCUT2D eigenvalue weighted by molar-refractivity contribution is 7.89. The predicted molar refractivity (Wildman–Crippen MR) is 117 cm³/mol. The number of sulfonamides is 1. The number of carbonyl (C=O) groups excluding carboxylic acids is 1. The van der Waals surface area contributed by atoms with Gasteiger partial charge in [-0.1, -0.05) is 33.6 Å². The molecular formula is C22H35N3O3S. The zero-order chi connectivity index (χ0) is 21.0. The van der Waals surface area contributed by atoms with E-state index >= 15 is 0 Å². The number of anilines is 1. The molecular weight excluding hydrogens is 386 g/mol.